The second-order valence-corrected chi connectivity index (χ2v) is 5.16. The summed E-state index contributed by atoms with van der Waals surface area (Å²) in [7, 11) is 0. The van der Waals surface area contributed by atoms with Crippen molar-refractivity contribution in [2.75, 3.05) is 18.4 Å². The third kappa shape index (κ3) is 2.55. The molecule has 1 aromatic carbocycles. The van der Waals surface area contributed by atoms with Crippen molar-refractivity contribution in [2.45, 2.75) is 31.8 Å². The number of rotatable bonds is 5. The van der Waals surface area contributed by atoms with Gasteiger partial charge in [-0.2, -0.15) is 0 Å². The molecule has 0 aromatic heterocycles. The quantitative estimate of drug-likeness (QED) is 0.818. The Balaban J connectivity index is 1.59. The van der Waals surface area contributed by atoms with Crippen LogP contribution >= 0.6 is 0 Å². The monoisotopic (exact) mass is 232 g/mol. The lowest BCUT2D eigenvalue weighted by Gasteiger charge is -2.07. The summed E-state index contributed by atoms with van der Waals surface area (Å²) in [4.78, 5) is 0. The smallest absolute Gasteiger partial charge is 0.123 e. The molecule has 2 aliphatic rings. The van der Waals surface area contributed by atoms with Crippen LogP contribution in [0.15, 0.2) is 18.2 Å². The van der Waals surface area contributed by atoms with E-state index in [0.717, 1.165) is 24.6 Å². The van der Waals surface area contributed by atoms with Crippen molar-refractivity contribution >= 4 is 5.69 Å². The van der Waals surface area contributed by atoms with E-state index in [1.54, 1.807) is 0 Å². The number of ether oxygens (including phenoxy) is 1. The Kier molecular flexibility index (Phi) is 2.93. The number of anilines is 1. The Labute approximate surface area is 102 Å². The number of fused-ring (bicyclic) bond motifs is 1. The summed E-state index contributed by atoms with van der Waals surface area (Å²) in [6.45, 7) is 1.68. The number of nitrogens with two attached hydrogens (primary N) is 1. The van der Waals surface area contributed by atoms with Gasteiger partial charge < -0.3 is 15.8 Å². The summed E-state index contributed by atoms with van der Waals surface area (Å²) in [5.41, 5.74) is 8.13. The first-order valence-corrected chi connectivity index (χ1v) is 6.58. The Bertz CT molecular complexity index is 401. The summed E-state index contributed by atoms with van der Waals surface area (Å²) < 4.78 is 5.71. The molecular weight excluding hydrogens is 212 g/mol. The van der Waals surface area contributed by atoms with Gasteiger partial charge in [0.1, 0.15) is 11.9 Å². The first kappa shape index (κ1) is 10.9. The van der Waals surface area contributed by atoms with Crippen LogP contribution in [-0.4, -0.2) is 19.2 Å². The second kappa shape index (κ2) is 4.57. The molecule has 0 spiro atoms. The van der Waals surface area contributed by atoms with Gasteiger partial charge >= 0.3 is 0 Å². The highest BCUT2D eigenvalue weighted by atomic mass is 16.5. The molecule has 3 N–H and O–H groups in total. The number of benzene rings is 1. The fraction of sp³-hybridized carbons (Fsp3) is 0.571. The number of nitrogens with one attached hydrogen (secondary N) is 1. The van der Waals surface area contributed by atoms with Crippen molar-refractivity contribution in [1.29, 1.82) is 0 Å². The van der Waals surface area contributed by atoms with Crippen LogP contribution in [0.25, 0.3) is 0 Å². The van der Waals surface area contributed by atoms with Crippen LogP contribution in [0, 0.1) is 5.92 Å². The molecular formula is C14H20N2O. The zero-order valence-corrected chi connectivity index (χ0v) is 10.1. The van der Waals surface area contributed by atoms with E-state index in [2.05, 4.69) is 23.5 Å². The molecule has 1 saturated carbocycles. The zero-order valence-electron chi connectivity index (χ0n) is 10.1. The van der Waals surface area contributed by atoms with Gasteiger partial charge in [0, 0.05) is 25.2 Å². The van der Waals surface area contributed by atoms with Crippen molar-refractivity contribution in [3.63, 3.8) is 0 Å². The van der Waals surface area contributed by atoms with Gasteiger partial charge in [0.05, 0.1) is 0 Å². The molecule has 0 amide bonds. The molecule has 1 fully saturated rings. The van der Waals surface area contributed by atoms with Gasteiger partial charge in [-0.05, 0) is 36.1 Å². The maximum Gasteiger partial charge on any atom is 0.123 e. The van der Waals surface area contributed by atoms with Crippen molar-refractivity contribution in [3.8, 4) is 5.75 Å². The SMILES string of the molecule is NCC1Cc2cc(NCCC3CC3)ccc2O1. The zero-order chi connectivity index (χ0) is 11.7. The lowest BCUT2D eigenvalue weighted by molar-refractivity contribution is 0.241. The maximum absolute atomic E-state index is 5.71. The van der Waals surface area contributed by atoms with Crippen LogP contribution in [0.5, 0.6) is 5.75 Å². The van der Waals surface area contributed by atoms with Crippen molar-refractivity contribution < 1.29 is 4.74 Å². The Morgan fingerprint density at radius 1 is 1.35 bits per heavy atom. The summed E-state index contributed by atoms with van der Waals surface area (Å²) in [5, 5.41) is 3.49. The van der Waals surface area contributed by atoms with Crippen LogP contribution in [0.2, 0.25) is 0 Å². The first-order valence-electron chi connectivity index (χ1n) is 6.58. The molecule has 92 valence electrons. The van der Waals surface area contributed by atoms with Crippen LogP contribution < -0.4 is 15.8 Å². The van der Waals surface area contributed by atoms with E-state index >= 15 is 0 Å². The Hall–Kier alpha value is -1.22. The summed E-state index contributed by atoms with van der Waals surface area (Å²) in [5.74, 6) is 2.00. The minimum Gasteiger partial charge on any atom is -0.488 e. The topological polar surface area (TPSA) is 47.3 Å². The van der Waals surface area contributed by atoms with Crippen LogP contribution in [0.3, 0.4) is 0 Å². The van der Waals surface area contributed by atoms with E-state index < -0.39 is 0 Å². The highest BCUT2D eigenvalue weighted by Gasteiger charge is 2.22. The van der Waals surface area contributed by atoms with Gasteiger partial charge in [0.2, 0.25) is 0 Å². The molecule has 3 rings (SSSR count). The molecule has 0 bridgehead atoms. The summed E-state index contributed by atoms with van der Waals surface area (Å²) >= 11 is 0. The molecule has 1 heterocycles. The van der Waals surface area contributed by atoms with Crippen molar-refractivity contribution in [2.24, 2.45) is 11.7 Å². The van der Waals surface area contributed by atoms with Crippen molar-refractivity contribution in [3.05, 3.63) is 23.8 Å². The molecule has 1 atom stereocenters. The van der Waals surface area contributed by atoms with Gasteiger partial charge in [-0.1, -0.05) is 12.8 Å². The standard InChI is InChI=1S/C14H20N2O/c15-9-13-8-11-7-12(3-4-14(11)17-13)16-6-5-10-1-2-10/h3-4,7,10,13,16H,1-2,5-6,8-9,15H2. The predicted molar refractivity (Wildman–Crippen MR) is 69.4 cm³/mol. The predicted octanol–water partition coefficient (Wildman–Crippen LogP) is 2.16. The second-order valence-electron chi connectivity index (χ2n) is 5.16. The number of hydrogen-bond acceptors (Lipinski definition) is 3. The fourth-order valence-corrected chi connectivity index (χ4v) is 2.39. The fourth-order valence-electron chi connectivity index (χ4n) is 2.39. The van der Waals surface area contributed by atoms with Gasteiger partial charge in [-0.15, -0.1) is 0 Å². The highest BCUT2D eigenvalue weighted by molar-refractivity contribution is 5.52. The van der Waals surface area contributed by atoms with E-state index in [1.807, 2.05) is 0 Å². The minimum atomic E-state index is 0.173. The van der Waals surface area contributed by atoms with E-state index in [1.165, 1.54) is 30.5 Å². The van der Waals surface area contributed by atoms with Gasteiger partial charge in [0.25, 0.3) is 0 Å². The van der Waals surface area contributed by atoms with Gasteiger partial charge in [0.15, 0.2) is 0 Å². The Morgan fingerprint density at radius 3 is 3.00 bits per heavy atom. The molecule has 3 nitrogen and oxygen atoms in total. The lowest BCUT2D eigenvalue weighted by Crippen LogP contribution is -2.24. The van der Waals surface area contributed by atoms with Crippen molar-refractivity contribution in [1.82, 2.24) is 0 Å². The van der Waals surface area contributed by atoms with Gasteiger partial charge in [-0.25, -0.2) is 0 Å². The maximum atomic E-state index is 5.71. The average molecular weight is 232 g/mol. The van der Waals surface area contributed by atoms with Crippen LogP contribution in [-0.2, 0) is 6.42 Å². The molecule has 1 aliphatic heterocycles. The van der Waals surface area contributed by atoms with Crippen LogP contribution in [0.4, 0.5) is 5.69 Å². The Morgan fingerprint density at radius 2 is 2.24 bits per heavy atom. The van der Waals surface area contributed by atoms with Gasteiger partial charge in [-0.3, -0.25) is 0 Å². The highest BCUT2D eigenvalue weighted by Crippen LogP contribution is 2.33. The molecule has 1 aliphatic carbocycles. The summed E-state index contributed by atoms with van der Waals surface area (Å²) in [6, 6.07) is 6.37. The third-order valence-corrected chi connectivity index (χ3v) is 3.64. The number of hydrogen-bond donors (Lipinski definition) is 2. The van der Waals surface area contributed by atoms with E-state index in [4.69, 9.17) is 10.5 Å². The molecule has 1 aromatic rings. The molecule has 17 heavy (non-hydrogen) atoms. The molecule has 1 unspecified atom stereocenters. The minimum absolute atomic E-state index is 0.173. The first-order chi connectivity index (χ1) is 8.35. The molecule has 3 heteroatoms. The normalized spacial score (nSPS) is 22.1. The lowest BCUT2D eigenvalue weighted by atomic mass is 10.1. The van der Waals surface area contributed by atoms with E-state index in [-0.39, 0.29) is 6.10 Å². The summed E-state index contributed by atoms with van der Waals surface area (Å²) in [6.07, 6.45) is 5.28. The van der Waals surface area contributed by atoms with Crippen LogP contribution in [0.1, 0.15) is 24.8 Å². The average Bonchev–Trinajstić information content (AvgIpc) is 3.07. The molecule has 0 saturated heterocycles. The third-order valence-electron chi connectivity index (χ3n) is 3.64. The largest absolute Gasteiger partial charge is 0.488 e. The molecule has 0 radical (unpaired) electrons. The van der Waals surface area contributed by atoms with E-state index in [0.29, 0.717) is 6.54 Å². The van der Waals surface area contributed by atoms with E-state index in [9.17, 15) is 0 Å².